The molecule has 88 valence electrons. The quantitative estimate of drug-likeness (QED) is 0.485. The molecule has 1 saturated heterocycles. The van der Waals surface area contributed by atoms with Gasteiger partial charge >= 0.3 is 0 Å². The van der Waals surface area contributed by atoms with Crippen LogP contribution in [0.25, 0.3) is 0 Å². The van der Waals surface area contributed by atoms with Gasteiger partial charge in [-0.1, -0.05) is 0 Å². The number of hydrogen-bond acceptors (Lipinski definition) is 5. The van der Waals surface area contributed by atoms with Crippen LogP contribution in [0.1, 0.15) is 20.3 Å². The average molecular weight is 218 g/mol. The summed E-state index contributed by atoms with van der Waals surface area (Å²) in [5.74, 6) is -0.595. The lowest BCUT2D eigenvalue weighted by molar-refractivity contribution is -0.170. The summed E-state index contributed by atoms with van der Waals surface area (Å²) in [6.07, 6.45) is 0.590. The molecular formula is C10H18O5. The normalized spacial score (nSPS) is 26.5. The van der Waals surface area contributed by atoms with Crippen LogP contribution in [-0.4, -0.2) is 44.8 Å². The van der Waals surface area contributed by atoms with Crippen LogP contribution < -0.4 is 0 Å². The zero-order valence-corrected chi connectivity index (χ0v) is 9.39. The Morgan fingerprint density at radius 1 is 1.60 bits per heavy atom. The summed E-state index contributed by atoms with van der Waals surface area (Å²) < 4.78 is 21.1. The standard InChI is InChI=1S/C10H18O5/c1-10(2)14-6-9(15-10)8(4-5-11)13-7-12-3/h5,8-9H,4,6-7H2,1-3H3/t8-,9+/m0/s1. The van der Waals surface area contributed by atoms with Gasteiger partial charge in [0, 0.05) is 13.5 Å². The predicted molar refractivity (Wildman–Crippen MR) is 52.3 cm³/mol. The van der Waals surface area contributed by atoms with E-state index >= 15 is 0 Å². The average Bonchev–Trinajstić information content (AvgIpc) is 2.53. The SMILES string of the molecule is COCO[C@@H](CC=O)[C@H]1COC(C)(C)O1. The van der Waals surface area contributed by atoms with Crippen molar-refractivity contribution in [1.82, 2.24) is 0 Å². The van der Waals surface area contributed by atoms with Gasteiger partial charge in [-0.2, -0.15) is 0 Å². The Labute approximate surface area is 89.6 Å². The molecular weight excluding hydrogens is 200 g/mol. The predicted octanol–water partition coefficient (Wildman–Crippen LogP) is 0.716. The lowest BCUT2D eigenvalue weighted by Crippen LogP contribution is -2.33. The van der Waals surface area contributed by atoms with Gasteiger partial charge in [-0.3, -0.25) is 0 Å². The molecule has 0 aromatic rings. The van der Waals surface area contributed by atoms with Crippen molar-refractivity contribution in [2.45, 2.75) is 38.3 Å². The van der Waals surface area contributed by atoms with Gasteiger partial charge in [0.2, 0.25) is 0 Å². The first-order chi connectivity index (χ1) is 7.09. The summed E-state index contributed by atoms with van der Waals surface area (Å²) in [6.45, 7) is 4.26. The molecule has 5 nitrogen and oxygen atoms in total. The molecule has 0 aromatic carbocycles. The maximum absolute atomic E-state index is 10.5. The fraction of sp³-hybridized carbons (Fsp3) is 0.900. The van der Waals surface area contributed by atoms with Crippen LogP contribution >= 0.6 is 0 Å². The van der Waals surface area contributed by atoms with Gasteiger partial charge in [0.25, 0.3) is 0 Å². The van der Waals surface area contributed by atoms with Crippen LogP contribution in [0.3, 0.4) is 0 Å². The van der Waals surface area contributed by atoms with Gasteiger partial charge in [-0.25, -0.2) is 0 Å². The molecule has 0 saturated carbocycles. The second-order valence-corrected chi connectivity index (χ2v) is 3.88. The van der Waals surface area contributed by atoms with Crippen molar-refractivity contribution in [3.63, 3.8) is 0 Å². The van der Waals surface area contributed by atoms with Crippen LogP contribution in [0.4, 0.5) is 0 Å². The van der Waals surface area contributed by atoms with E-state index in [0.717, 1.165) is 6.29 Å². The Bertz CT molecular complexity index is 204. The topological polar surface area (TPSA) is 54.0 Å². The monoisotopic (exact) mass is 218 g/mol. The van der Waals surface area contributed by atoms with Gasteiger partial charge < -0.3 is 23.7 Å². The van der Waals surface area contributed by atoms with Crippen LogP contribution in [0.15, 0.2) is 0 Å². The van der Waals surface area contributed by atoms with Crippen molar-refractivity contribution in [3.8, 4) is 0 Å². The summed E-state index contributed by atoms with van der Waals surface area (Å²) >= 11 is 0. The molecule has 1 fully saturated rings. The van der Waals surface area contributed by atoms with Gasteiger partial charge in [0.15, 0.2) is 5.79 Å². The number of ether oxygens (including phenoxy) is 4. The number of carbonyl (C=O) groups excluding carboxylic acids is 1. The molecule has 2 atom stereocenters. The van der Waals surface area contributed by atoms with Crippen molar-refractivity contribution in [2.24, 2.45) is 0 Å². The van der Waals surface area contributed by atoms with Crippen molar-refractivity contribution in [3.05, 3.63) is 0 Å². The summed E-state index contributed by atoms with van der Waals surface area (Å²) in [6, 6.07) is 0. The van der Waals surface area contributed by atoms with Gasteiger partial charge in [0.05, 0.1) is 12.7 Å². The number of carbonyl (C=O) groups is 1. The van der Waals surface area contributed by atoms with Crippen molar-refractivity contribution in [1.29, 1.82) is 0 Å². The number of aldehydes is 1. The Kier molecular flexibility index (Phi) is 4.66. The molecule has 5 heteroatoms. The molecule has 0 unspecified atom stereocenters. The fourth-order valence-corrected chi connectivity index (χ4v) is 1.48. The highest BCUT2D eigenvalue weighted by atomic mass is 16.8. The maximum Gasteiger partial charge on any atom is 0.163 e. The highest BCUT2D eigenvalue weighted by Gasteiger charge is 2.37. The molecule has 0 N–H and O–H groups in total. The van der Waals surface area contributed by atoms with Gasteiger partial charge in [-0.15, -0.1) is 0 Å². The minimum absolute atomic E-state index is 0.152. The Balaban J connectivity index is 2.45. The van der Waals surface area contributed by atoms with Crippen LogP contribution in [0, 0.1) is 0 Å². The molecule has 0 amide bonds. The first kappa shape index (κ1) is 12.6. The summed E-state index contributed by atoms with van der Waals surface area (Å²) in [5.41, 5.74) is 0. The molecule has 15 heavy (non-hydrogen) atoms. The Morgan fingerprint density at radius 2 is 2.33 bits per heavy atom. The number of hydrogen-bond donors (Lipinski definition) is 0. The lowest BCUT2D eigenvalue weighted by atomic mass is 10.1. The third-order valence-corrected chi connectivity index (χ3v) is 2.17. The van der Waals surface area contributed by atoms with Crippen LogP contribution in [-0.2, 0) is 23.7 Å². The minimum atomic E-state index is -0.595. The Morgan fingerprint density at radius 3 is 2.80 bits per heavy atom. The molecule has 0 radical (unpaired) electrons. The van der Waals surface area contributed by atoms with Crippen molar-refractivity contribution >= 4 is 6.29 Å². The molecule has 1 aliphatic heterocycles. The van der Waals surface area contributed by atoms with E-state index < -0.39 is 5.79 Å². The zero-order valence-electron chi connectivity index (χ0n) is 9.39. The molecule has 1 rings (SSSR count). The van der Waals surface area contributed by atoms with E-state index in [1.165, 1.54) is 7.11 Å². The van der Waals surface area contributed by atoms with Gasteiger partial charge in [0.1, 0.15) is 19.2 Å². The Hall–Kier alpha value is -0.490. The number of methoxy groups -OCH3 is 1. The third kappa shape index (κ3) is 3.87. The molecule has 0 bridgehead atoms. The lowest BCUT2D eigenvalue weighted by Gasteiger charge is -2.22. The summed E-state index contributed by atoms with van der Waals surface area (Å²) in [5, 5.41) is 0. The summed E-state index contributed by atoms with van der Waals surface area (Å²) in [4.78, 5) is 10.5. The smallest absolute Gasteiger partial charge is 0.163 e. The molecule has 1 aliphatic rings. The first-order valence-corrected chi connectivity index (χ1v) is 4.95. The molecule has 0 aliphatic carbocycles. The first-order valence-electron chi connectivity index (χ1n) is 4.95. The van der Waals surface area contributed by atoms with E-state index in [0.29, 0.717) is 6.61 Å². The largest absolute Gasteiger partial charge is 0.359 e. The second kappa shape index (κ2) is 5.55. The molecule has 0 aromatic heterocycles. The zero-order chi connectivity index (χ0) is 11.3. The molecule has 1 heterocycles. The third-order valence-electron chi connectivity index (χ3n) is 2.17. The van der Waals surface area contributed by atoms with E-state index in [9.17, 15) is 4.79 Å². The van der Waals surface area contributed by atoms with E-state index in [1.807, 2.05) is 13.8 Å². The van der Waals surface area contributed by atoms with Crippen molar-refractivity contribution in [2.75, 3.05) is 20.5 Å². The van der Waals surface area contributed by atoms with Gasteiger partial charge in [-0.05, 0) is 13.8 Å². The summed E-state index contributed by atoms with van der Waals surface area (Å²) in [7, 11) is 1.54. The second-order valence-electron chi connectivity index (χ2n) is 3.88. The highest BCUT2D eigenvalue weighted by molar-refractivity contribution is 5.50. The number of rotatable bonds is 6. The van der Waals surface area contributed by atoms with E-state index in [1.54, 1.807) is 0 Å². The fourth-order valence-electron chi connectivity index (χ4n) is 1.48. The van der Waals surface area contributed by atoms with Crippen LogP contribution in [0.2, 0.25) is 0 Å². The van der Waals surface area contributed by atoms with E-state index in [2.05, 4.69) is 0 Å². The maximum atomic E-state index is 10.5. The highest BCUT2D eigenvalue weighted by Crippen LogP contribution is 2.26. The van der Waals surface area contributed by atoms with Crippen LogP contribution in [0.5, 0.6) is 0 Å². The van der Waals surface area contributed by atoms with Crippen molar-refractivity contribution < 1.29 is 23.7 Å². The minimum Gasteiger partial charge on any atom is -0.359 e. The molecule has 0 spiro atoms. The van der Waals surface area contributed by atoms with E-state index in [-0.39, 0.29) is 25.4 Å². The van der Waals surface area contributed by atoms with E-state index in [4.69, 9.17) is 18.9 Å².